The molecule has 0 fully saturated rings. The molecule has 0 bridgehead atoms. The number of hydrogen-bond donors (Lipinski definition) is 1. The van der Waals surface area contributed by atoms with Crippen LogP contribution >= 0.6 is 11.8 Å². The van der Waals surface area contributed by atoms with Gasteiger partial charge in [0.25, 0.3) is 0 Å². The van der Waals surface area contributed by atoms with E-state index in [0.717, 1.165) is 11.8 Å². The maximum absolute atomic E-state index is 10.8. The lowest BCUT2D eigenvalue weighted by Crippen LogP contribution is -2.16. The number of hydrogen-bond acceptors (Lipinski definition) is 3. The molecule has 0 aromatic rings. The SMILES string of the molecule is C/C=C/[C@]1(C)SC(=O)C=C1O. The first kappa shape index (κ1) is 8.40. The molecular formula is C8H10O2S. The van der Waals surface area contributed by atoms with Gasteiger partial charge in [0.05, 0.1) is 4.75 Å². The second-order valence-electron chi connectivity index (χ2n) is 2.56. The van der Waals surface area contributed by atoms with E-state index >= 15 is 0 Å². The second kappa shape index (κ2) is 2.74. The average molecular weight is 170 g/mol. The third-order valence-corrected chi connectivity index (χ3v) is 2.65. The zero-order valence-electron chi connectivity index (χ0n) is 6.50. The first-order valence-corrected chi connectivity index (χ1v) is 4.18. The third-order valence-electron chi connectivity index (χ3n) is 1.56. The van der Waals surface area contributed by atoms with Crippen LogP contribution in [-0.4, -0.2) is 15.0 Å². The summed E-state index contributed by atoms with van der Waals surface area (Å²) in [6.07, 6.45) is 4.91. The van der Waals surface area contributed by atoms with Gasteiger partial charge < -0.3 is 5.11 Å². The van der Waals surface area contributed by atoms with Crippen molar-refractivity contribution in [3.8, 4) is 0 Å². The third kappa shape index (κ3) is 1.48. The number of allylic oxidation sites excluding steroid dienone is 1. The molecule has 11 heavy (non-hydrogen) atoms. The average Bonchev–Trinajstić information content (AvgIpc) is 2.08. The van der Waals surface area contributed by atoms with Crippen LogP contribution < -0.4 is 0 Å². The van der Waals surface area contributed by atoms with Crippen LogP contribution in [0.3, 0.4) is 0 Å². The van der Waals surface area contributed by atoms with Crippen molar-refractivity contribution >= 4 is 16.9 Å². The first-order valence-electron chi connectivity index (χ1n) is 3.36. The fourth-order valence-electron chi connectivity index (χ4n) is 0.983. The van der Waals surface area contributed by atoms with E-state index in [-0.39, 0.29) is 10.9 Å². The van der Waals surface area contributed by atoms with E-state index < -0.39 is 4.75 Å². The molecule has 1 rings (SSSR count). The molecule has 1 aliphatic rings. The maximum atomic E-state index is 10.8. The molecule has 1 atom stereocenters. The highest BCUT2D eigenvalue weighted by atomic mass is 32.2. The highest BCUT2D eigenvalue weighted by molar-refractivity contribution is 8.15. The van der Waals surface area contributed by atoms with Crippen molar-refractivity contribution < 1.29 is 9.90 Å². The fourth-order valence-corrected chi connectivity index (χ4v) is 1.94. The van der Waals surface area contributed by atoms with E-state index in [1.54, 1.807) is 0 Å². The van der Waals surface area contributed by atoms with E-state index in [0.29, 0.717) is 0 Å². The number of rotatable bonds is 1. The summed E-state index contributed by atoms with van der Waals surface area (Å²) in [6, 6.07) is 0. The Bertz CT molecular complexity index is 242. The van der Waals surface area contributed by atoms with E-state index in [9.17, 15) is 9.90 Å². The lowest BCUT2D eigenvalue weighted by molar-refractivity contribution is -0.106. The largest absolute Gasteiger partial charge is 0.510 e. The minimum atomic E-state index is -0.522. The van der Waals surface area contributed by atoms with Crippen LogP contribution in [0.4, 0.5) is 0 Å². The van der Waals surface area contributed by atoms with Crippen LogP contribution in [-0.2, 0) is 4.79 Å². The molecular weight excluding hydrogens is 160 g/mol. The summed E-state index contributed by atoms with van der Waals surface area (Å²) in [5.41, 5.74) is 0. The molecule has 2 nitrogen and oxygen atoms in total. The molecule has 0 aromatic carbocycles. The molecule has 0 radical (unpaired) electrons. The Kier molecular flexibility index (Phi) is 2.09. The molecule has 0 aliphatic carbocycles. The fraction of sp³-hybridized carbons (Fsp3) is 0.375. The highest BCUT2D eigenvalue weighted by Crippen LogP contribution is 2.39. The molecule has 0 saturated heterocycles. The minimum Gasteiger partial charge on any atom is -0.510 e. The Labute approximate surface area is 70.0 Å². The van der Waals surface area contributed by atoms with Crippen LogP contribution in [0.2, 0.25) is 0 Å². The Morgan fingerprint density at radius 2 is 2.36 bits per heavy atom. The monoisotopic (exact) mass is 170 g/mol. The molecule has 1 aliphatic heterocycles. The van der Waals surface area contributed by atoms with Gasteiger partial charge in [-0.15, -0.1) is 0 Å². The predicted octanol–water partition coefficient (Wildman–Crippen LogP) is 2.04. The Morgan fingerprint density at radius 1 is 1.73 bits per heavy atom. The summed E-state index contributed by atoms with van der Waals surface area (Å²) in [7, 11) is 0. The van der Waals surface area contributed by atoms with Crippen LogP contribution in [0.5, 0.6) is 0 Å². The minimum absolute atomic E-state index is 0.0805. The molecule has 1 heterocycles. The van der Waals surface area contributed by atoms with E-state index in [1.165, 1.54) is 6.08 Å². The van der Waals surface area contributed by atoms with Crippen molar-refractivity contribution in [1.82, 2.24) is 0 Å². The van der Waals surface area contributed by atoms with Crippen molar-refractivity contribution in [3.63, 3.8) is 0 Å². The maximum Gasteiger partial charge on any atom is 0.216 e. The Morgan fingerprint density at radius 3 is 2.73 bits per heavy atom. The van der Waals surface area contributed by atoms with Gasteiger partial charge in [-0.05, 0) is 13.8 Å². The zero-order chi connectivity index (χ0) is 8.48. The summed E-state index contributed by atoms with van der Waals surface area (Å²) in [4.78, 5) is 10.8. The number of carbonyl (C=O) groups excluding carboxylic acids is 1. The Balaban J connectivity index is 2.92. The van der Waals surface area contributed by atoms with Gasteiger partial charge in [0.1, 0.15) is 5.76 Å². The molecule has 1 N–H and O–H groups in total. The smallest absolute Gasteiger partial charge is 0.216 e. The van der Waals surface area contributed by atoms with Crippen molar-refractivity contribution in [1.29, 1.82) is 0 Å². The van der Waals surface area contributed by atoms with Crippen molar-refractivity contribution in [3.05, 3.63) is 24.0 Å². The van der Waals surface area contributed by atoms with E-state index in [4.69, 9.17) is 0 Å². The summed E-state index contributed by atoms with van der Waals surface area (Å²) in [5, 5.41) is 9.24. The summed E-state index contributed by atoms with van der Waals surface area (Å²) >= 11 is 1.13. The normalized spacial score (nSPS) is 31.5. The molecule has 0 unspecified atom stereocenters. The van der Waals surface area contributed by atoms with Gasteiger partial charge in [-0.3, -0.25) is 4.79 Å². The number of carbonyl (C=O) groups is 1. The van der Waals surface area contributed by atoms with Crippen LogP contribution in [0.15, 0.2) is 24.0 Å². The van der Waals surface area contributed by atoms with E-state index in [2.05, 4.69) is 0 Å². The van der Waals surface area contributed by atoms with Crippen LogP contribution in [0, 0.1) is 0 Å². The Hall–Kier alpha value is -0.700. The van der Waals surface area contributed by atoms with Crippen molar-refractivity contribution in [2.45, 2.75) is 18.6 Å². The predicted molar refractivity (Wildman–Crippen MR) is 46.5 cm³/mol. The van der Waals surface area contributed by atoms with Crippen LogP contribution in [0.25, 0.3) is 0 Å². The molecule has 0 amide bonds. The van der Waals surface area contributed by atoms with Gasteiger partial charge >= 0.3 is 0 Å². The van der Waals surface area contributed by atoms with Gasteiger partial charge in [-0.25, -0.2) is 0 Å². The van der Waals surface area contributed by atoms with Gasteiger partial charge in [0, 0.05) is 6.08 Å². The summed E-state index contributed by atoms with van der Waals surface area (Å²) < 4.78 is -0.522. The number of aliphatic hydroxyl groups is 1. The van der Waals surface area contributed by atoms with Crippen LogP contribution in [0.1, 0.15) is 13.8 Å². The number of thioether (sulfide) groups is 1. The molecule has 0 spiro atoms. The van der Waals surface area contributed by atoms with Gasteiger partial charge in [0.15, 0.2) is 0 Å². The number of aliphatic hydroxyl groups excluding tert-OH is 1. The second-order valence-corrected chi connectivity index (χ2v) is 4.01. The van der Waals surface area contributed by atoms with Gasteiger partial charge in [-0.2, -0.15) is 0 Å². The summed E-state index contributed by atoms with van der Waals surface area (Å²) in [5.74, 6) is 0.144. The molecule has 0 aromatic heterocycles. The quantitative estimate of drug-likeness (QED) is 0.612. The van der Waals surface area contributed by atoms with Crippen molar-refractivity contribution in [2.75, 3.05) is 0 Å². The molecule has 0 saturated carbocycles. The molecule has 60 valence electrons. The lowest BCUT2D eigenvalue weighted by Gasteiger charge is -2.16. The molecule has 3 heteroatoms. The standard InChI is InChI=1S/C8H10O2S/c1-3-4-8(2)6(9)5-7(10)11-8/h3-5,9H,1-2H3/b4-3+/t8-/m0/s1. The van der Waals surface area contributed by atoms with E-state index in [1.807, 2.05) is 26.0 Å². The van der Waals surface area contributed by atoms with Crippen molar-refractivity contribution in [2.24, 2.45) is 0 Å². The zero-order valence-corrected chi connectivity index (χ0v) is 7.31. The van der Waals surface area contributed by atoms with Gasteiger partial charge in [-0.1, -0.05) is 23.9 Å². The lowest BCUT2D eigenvalue weighted by atomic mass is 10.1. The highest BCUT2D eigenvalue weighted by Gasteiger charge is 2.35. The summed E-state index contributed by atoms with van der Waals surface area (Å²) in [6.45, 7) is 3.68. The topological polar surface area (TPSA) is 37.3 Å². The first-order chi connectivity index (χ1) is 5.08. The van der Waals surface area contributed by atoms with Gasteiger partial charge in [0.2, 0.25) is 5.12 Å².